The largest absolute Gasteiger partial charge is 0.506 e. The van der Waals surface area contributed by atoms with E-state index < -0.39 is 10.2 Å². The van der Waals surface area contributed by atoms with Crippen LogP contribution in [0.2, 0.25) is 0 Å². The lowest BCUT2D eigenvalue weighted by Crippen LogP contribution is -2.45. The van der Waals surface area contributed by atoms with Gasteiger partial charge < -0.3 is 15.5 Å². The first kappa shape index (κ1) is 16.0. The molecule has 0 radical (unpaired) electrons. The summed E-state index contributed by atoms with van der Waals surface area (Å²) in [5.41, 5.74) is 0.958. The number of piperidine rings is 1. The molecule has 0 aliphatic carbocycles. The standard InChI is InChI=1S/C13H21N3O4S/c14-21(19,20)16-12-7-9(4-5-13(12)18)6-10-2-1-3-11(8-17)15-10/h4-5,7,10-11,15-18H,1-3,6,8H2,(H2,14,19,20). The van der Waals surface area contributed by atoms with Gasteiger partial charge in [-0.2, -0.15) is 8.42 Å². The van der Waals surface area contributed by atoms with Gasteiger partial charge in [0.05, 0.1) is 12.3 Å². The monoisotopic (exact) mass is 315 g/mol. The number of rotatable bonds is 5. The molecule has 1 heterocycles. The van der Waals surface area contributed by atoms with E-state index in [1.165, 1.54) is 6.07 Å². The van der Waals surface area contributed by atoms with Gasteiger partial charge >= 0.3 is 0 Å². The Morgan fingerprint density at radius 2 is 2.05 bits per heavy atom. The summed E-state index contributed by atoms with van der Waals surface area (Å²) < 4.78 is 24.2. The summed E-state index contributed by atoms with van der Waals surface area (Å²) >= 11 is 0. The number of benzene rings is 1. The molecular formula is C13H21N3O4S. The summed E-state index contributed by atoms with van der Waals surface area (Å²) in [4.78, 5) is 0. The lowest BCUT2D eigenvalue weighted by Gasteiger charge is -2.30. The van der Waals surface area contributed by atoms with Crippen molar-refractivity contribution < 1.29 is 18.6 Å². The Balaban J connectivity index is 2.08. The third-order valence-corrected chi connectivity index (χ3v) is 4.10. The Hall–Kier alpha value is -1.35. The fourth-order valence-electron chi connectivity index (χ4n) is 2.65. The molecule has 7 nitrogen and oxygen atoms in total. The van der Waals surface area contributed by atoms with Crippen molar-refractivity contribution in [1.29, 1.82) is 0 Å². The van der Waals surface area contributed by atoms with E-state index in [0.29, 0.717) is 6.42 Å². The molecule has 0 bridgehead atoms. The number of hydrogen-bond donors (Lipinski definition) is 5. The quantitative estimate of drug-likeness (QED) is 0.491. The second kappa shape index (κ2) is 6.61. The van der Waals surface area contributed by atoms with Crippen molar-refractivity contribution in [3.63, 3.8) is 0 Å². The third kappa shape index (κ3) is 4.85. The first-order valence-electron chi connectivity index (χ1n) is 6.86. The number of aromatic hydroxyl groups is 1. The number of aliphatic hydroxyl groups is 1. The lowest BCUT2D eigenvalue weighted by atomic mass is 9.94. The predicted molar refractivity (Wildman–Crippen MR) is 80.2 cm³/mol. The average molecular weight is 315 g/mol. The second-order valence-corrected chi connectivity index (χ2v) is 6.67. The van der Waals surface area contributed by atoms with Crippen molar-refractivity contribution in [3.8, 4) is 5.75 Å². The van der Waals surface area contributed by atoms with Crippen LogP contribution in [0.25, 0.3) is 0 Å². The van der Waals surface area contributed by atoms with E-state index in [4.69, 9.17) is 5.14 Å². The number of anilines is 1. The second-order valence-electron chi connectivity index (χ2n) is 5.38. The normalized spacial score (nSPS) is 23.0. The predicted octanol–water partition coefficient (Wildman–Crippen LogP) is 0.0531. The first-order chi connectivity index (χ1) is 9.87. The van der Waals surface area contributed by atoms with Crippen molar-refractivity contribution in [2.24, 2.45) is 5.14 Å². The molecule has 8 heteroatoms. The Bertz CT molecular complexity index is 591. The number of hydrogen-bond acceptors (Lipinski definition) is 5. The molecule has 0 aromatic heterocycles. The number of nitrogens with one attached hydrogen (secondary N) is 2. The zero-order valence-electron chi connectivity index (χ0n) is 11.6. The molecule has 2 rings (SSSR count). The molecule has 6 N–H and O–H groups in total. The van der Waals surface area contributed by atoms with Gasteiger partial charge in [0, 0.05) is 12.1 Å². The van der Waals surface area contributed by atoms with Crippen LogP contribution in [0, 0.1) is 0 Å². The van der Waals surface area contributed by atoms with Gasteiger partial charge in [-0.05, 0) is 37.0 Å². The Labute approximate surface area is 124 Å². The molecule has 1 aromatic carbocycles. The smallest absolute Gasteiger partial charge is 0.296 e. The molecule has 1 saturated heterocycles. The minimum absolute atomic E-state index is 0.0736. The zero-order valence-corrected chi connectivity index (χ0v) is 12.4. The summed E-state index contributed by atoms with van der Waals surface area (Å²) in [5, 5.41) is 27.1. The van der Waals surface area contributed by atoms with Gasteiger partial charge in [0.15, 0.2) is 0 Å². The third-order valence-electron chi connectivity index (χ3n) is 3.59. The van der Waals surface area contributed by atoms with E-state index in [-0.39, 0.29) is 30.1 Å². The molecule has 118 valence electrons. The van der Waals surface area contributed by atoms with Crippen molar-refractivity contribution in [1.82, 2.24) is 5.32 Å². The number of phenols is 1. The molecule has 2 atom stereocenters. The SMILES string of the molecule is NS(=O)(=O)Nc1cc(CC2CCCC(CO)N2)ccc1O. The molecule has 21 heavy (non-hydrogen) atoms. The van der Waals surface area contributed by atoms with Crippen molar-refractivity contribution in [2.45, 2.75) is 37.8 Å². The molecule has 0 spiro atoms. The summed E-state index contributed by atoms with van der Waals surface area (Å²) in [6.45, 7) is 0.115. The van der Waals surface area contributed by atoms with Gasteiger partial charge in [-0.3, -0.25) is 4.72 Å². The molecular weight excluding hydrogens is 294 g/mol. The molecule has 0 saturated carbocycles. The summed E-state index contributed by atoms with van der Waals surface area (Å²) in [5.74, 6) is -0.169. The first-order valence-corrected chi connectivity index (χ1v) is 8.41. The zero-order chi connectivity index (χ0) is 15.5. The Morgan fingerprint density at radius 1 is 1.33 bits per heavy atom. The van der Waals surface area contributed by atoms with Crippen LogP contribution in [-0.2, 0) is 16.6 Å². The van der Waals surface area contributed by atoms with Crippen LogP contribution in [0.3, 0.4) is 0 Å². The molecule has 1 aromatic rings. The minimum atomic E-state index is -3.92. The molecule has 1 fully saturated rings. The molecule has 0 amide bonds. The van der Waals surface area contributed by atoms with Crippen LogP contribution < -0.4 is 15.2 Å². The van der Waals surface area contributed by atoms with Gasteiger partial charge in [-0.25, -0.2) is 5.14 Å². The Kier molecular flexibility index (Phi) is 5.04. The fraction of sp³-hybridized carbons (Fsp3) is 0.538. The van der Waals surface area contributed by atoms with Gasteiger partial charge in [0.2, 0.25) is 0 Å². The highest BCUT2D eigenvalue weighted by atomic mass is 32.2. The van der Waals surface area contributed by atoms with E-state index in [9.17, 15) is 18.6 Å². The van der Waals surface area contributed by atoms with Gasteiger partial charge in [-0.1, -0.05) is 12.5 Å². The van der Waals surface area contributed by atoms with E-state index >= 15 is 0 Å². The molecule has 1 aliphatic heterocycles. The Morgan fingerprint density at radius 3 is 2.71 bits per heavy atom. The van der Waals surface area contributed by atoms with E-state index in [2.05, 4.69) is 10.0 Å². The van der Waals surface area contributed by atoms with Crippen LogP contribution in [-0.4, -0.2) is 37.3 Å². The molecule has 1 aliphatic rings. The number of aliphatic hydroxyl groups excluding tert-OH is 1. The summed E-state index contributed by atoms with van der Waals surface area (Å²) in [6, 6.07) is 5.10. The maximum atomic E-state index is 11.1. The van der Waals surface area contributed by atoms with Gasteiger partial charge in [0.25, 0.3) is 10.2 Å². The van der Waals surface area contributed by atoms with Crippen LogP contribution >= 0.6 is 0 Å². The highest BCUT2D eigenvalue weighted by molar-refractivity contribution is 7.90. The van der Waals surface area contributed by atoms with Crippen molar-refractivity contribution in [2.75, 3.05) is 11.3 Å². The van der Waals surface area contributed by atoms with Crippen LogP contribution in [0.1, 0.15) is 24.8 Å². The van der Waals surface area contributed by atoms with Crippen LogP contribution in [0.15, 0.2) is 18.2 Å². The van der Waals surface area contributed by atoms with Crippen LogP contribution in [0.4, 0.5) is 5.69 Å². The van der Waals surface area contributed by atoms with E-state index in [1.54, 1.807) is 12.1 Å². The average Bonchev–Trinajstić information content (AvgIpc) is 2.41. The van der Waals surface area contributed by atoms with E-state index in [1.807, 2.05) is 0 Å². The maximum absolute atomic E-state index is 11.1. The fourth-order valence-corrected chi connectivity index (χ4v) is 3.12. The highest BCUT2D eigenvalue weighted by Crippen LogP contribution is 2.26. The number of nitrogens with two attached hydrogens (primary N) is 1. The topological polar surface area (TPSA) is 125 Å². The van der Waals surface area contributed by atoms with Gasteiger partial charge in [0.1, 0.15) is 5.75 Å². The summed E-state index contributed by atoms with van der Waals surface area (Å²) in [6.07, 6.45) is 3.69. The number of phenolic OH excluding ortho intramolecular Hbond substituents is 1. The van der Waals surface area contributed by atoms with Crippen molar-refractivity contribution >= 4 is 15.9 Å². The minimum Gasteiger partial charge on any atom is -0.506 e. The lowest BCUT2D eigenvalue weighted by molar-refractivity contribution is 0.197. The molecule has 2 unspecified atom stereocenters. The van der Waals surface area contributed by atoms with E-state index in [0.717, 1.165) is 24.8 Å². The van der Waals surface area contributed by atoms with Crippen LogP contribution in [0.5, 0.6) is 5.75 Å². The van der Waals surface area contributed by atoms with Crippen molar-refractivity contribution in [3.05, 3.63) is 23.8 Å². The highest BCUT2D eigenvalue weighted by Gasteiger charge is 2.20. The maximum Gasteiger partial charge on any atom is 0.296 e. The van der Waals surface area contributed by atoms with Gasteiger partial charge in [-0.15, -0.1) is 0 Å². The summed E-state index contributed by atoms with van der Waals surface area (Å²) in [7, 11) is -3.92.